The molecule has 0 saturated carbocycles. The molecule has 1 aliphatic rings. The Hall–Kier alpha value is -1.40. The second-order valence-corrected chi connectivity index (χ2v) is 8.25. The number of hydrogen-bond donors (Lipinski definition) is 0. The lowest BCUT2D eigenvalue weighted by molar-refractivity contribution is 0.121. The largest absolute Gasteiger partial charge is 0.485 e. The lowest BCUT2D eigenvalue weighted by Crippen LogP contribution is -2.29. The molecular weight excluding hydrogens is 443 g/mol. The Kier molecular flexibility index (Phi) is 6.12. The lowest BCUT2D eigenvalue weighted by Gasteiger charge is -2.27. The maximum absolute atomic E-state index is 5.98. The number of allylic oxidation sites excluding steroid dienone is 1. The predicted octanol–water partition coefficient (Wildman–Crippen LogP) is 6.05. The molecule has 1 atom stereocenters. The Morgan fingerprint density at radius 1 is 1.24 bits per heavy atom. The minimum atomic E-state index is -0.119. The van der Waals surface area contributed by atoms with Crippen LogP contribution < -0.4 is 9.47 Å². The zero-order valence-corrected chi connectivity index (χ0v) is 17.4. The maximum atomic E-state index is 5.98. The highest BCUT2D eigenvalue weighted by Gasteiger charge is 2.22. The van der Waals surface area contributed by atoms with E-state index in [2.05, 4.69) is 66.6 Å². The van der Waals surface area contributed by atoms with Gasteiger partial charge < -0.3 is 9.47 Å². The van der Waals surface area contributed by atoms with Crippen LogP contribution in [0.15, 0.2) is 59.4 Å². The number of fused-ring (bicyclic) bond motifs is 1. The van der Waals surface area contributed by atoms with Crippen LogP contribution in [0.1, 0.15) is 16.7 Å². The zero-order valence-electron chi connectivity index (χ0n) is 14.4. The van der Waals surface area contributed by atoms with E-state index in [1.807, 2.05) is 24.3 Å². The number of ether oxygens (including phenoxy) is 2. The van der Waals surface area contributed by atoms with E-state index in [-0.39, 0.29) is 6.10 Å². The van der Waals surface area contributed by atoms with Gasteiger partial charge in [-0.2, -0.15) is 0 Å². The van der Waals surface area contributed by atoms with Gasteiger partial charge in [-0.15, -0.1) is 0 Å². The van der Waals surface area contributed by atoms with Crippen molar-refractivity contribution in [1.29, 1.82) is 0 Å². The van der Waals surface area contributed by atoms with Crippen LogP contribution in [0.5, 0.6) is 11.5 Å². The van der Waals surface area contributed by atoms with Crippen LogP contribution in [0.4, 0.5) is 0 Å². The van der Waals surface area contributed by atoms with Gasteiger partial charge in [-0.1, -0.05) is 42.6 Å². The van der Waals surface area contributed by atoms with Crippen LogP contribution in [-0.2, 0) is 6.42 Å². The molecule has 0 aliphatic carbocycles. The number of hydrogen-bond acceptors (Lipinski definition) is 3. The van der Waals surface area contributed by atoms with Crippen LogP contribution in [0.2, 0.25) is 0 Å². The Balaban J connectivity index is 1.54. The molecule has 1 heterocycles. The van der Waals surface area contributed by atoms with Crippen LogP contribution in [0.25, 0.3) is 0 Å². The number of halogens is 1. The first kappa shape index (κ1) is 18.4. The van der Waals surface area contributed by atoms with Gasteiger partial charge in [0, 0.05) is 8.48 Å². The average molecular weight is 464 g/mol. The summed E-state index contributed by atoms with van der Waals surface area (Å²) in [6.45, 7) is 8.98. The number of para-hydroxylation sites is 2. The van der Waals surface area contributed by atoms with Gasteiger partial charge in [-0.05, 0) is 83.2 Å². The van der Waals surface area contributed by atoms with Gasteiger partial charge in [0.1, 0.15) is 6.61 Å². The van der Waals surface area contributed by atoms with E-state index in [1.54, 1.807) is 11.8 Å². The highest BCUT2D eigenvalue weighted by molar-refractivity contribution is 14.1. The third-order valence-corrected chi connectivity index (χ3v) is 6.19. The highest BCUT2D eigenvalue weighted by atomic mass is 127. The van der Waals surface area contributed by atoms with E-state index in [0.29, 0.717) is 6.61 Å². The van der Waals surface area contributed by atoms with Crippen LogP contribution in [0.3, 0.4) is 0 Å². The standard InChI is InChI=1S/C21H21IO2S/c1-14-12-18(22)15(2)11-17(14)7-6-10-25-16(3)21-13-23-19-8-4-5-9-20(19)24-21/h4-6,8-12,21H,3,7,13H2,1-2H3/b10-6+. The zero-order chi connectivity index (χ0) is 17.8. The number of rotatable bonds is 5. The molecule has 2 aromatic rings. The van der Waals surface area contributed by atoms with E-state index < -0.39 is 0 Å². The summed E-state index contributed by atoms with van der Waals surface area (Å²) in [4.78, 5) is 0.960. The molecule has 0 spiro atoms. The summed E-state index contributed by atoms with van der Waals surface area (Å²) in [5, 5.41) is 2.10. The molecule has 0 amide bonds. The van der Waals surface area contributed by atoms with Crippen molar-refractivity contribution in [2.75, 3.05) is 6.61 Å². The topological polar surface area (TPSA) is 18.5 Å². The third kappa shape index (κ3) is 4.61. The molecule has 2 aromatic carbocycles. The second-order valence-electron chi connectivity index (χ2n) is 6.05. The van der Waals surface area contributed by atoms with Crippen LogP contribution in [-0.4, -0.2) is 12.7 Å². The summed E-state index contributed by atoms with van der Waals surface area (Å²) in [7, 11) is 0. The van der Waals surface area contributed by atoms with E-state index in [1.165, 1.54) is 20.3 Å². The van der Waals surface area contributed by atoms with Gasteiger partial charge in [-0.3, -0.25) is 0 Å². The van der Waals surface area contributed by atoms with Gasteiger partial charge in [0.25, 0.3) is 0 Å². The van der Waals surface area contributed by atoms with Gasteiger partial charge in [-0.25, -0.2) is 0 Å². The smallest absolute Gasteiger partial charge is 0.163 e. The molecule has 25 heavy (non-hydrogen) atoms. The van der Waals surface area contributed by atoms with Gasteiger partial charge in [0.15, 0.2) is 17.6 Å². The normalized spacial score (nSPS) is 16.2. The van der Waals surface area contributed by atoms with Crippen molar-refractivity contribution < 1.29 is 9.47 Å². The Bertz CT molecular complexity index is 814. The third-order valence-electron chi connectivity index (χ3n) is 4.14. The minimum absolute atomic E-state index is 0.119. The van der Waals surface area contributed by atoms with Crippen LogP contribution in [0, 0.1) is 17.4 Å². The van der Waals surface area contributed by atoms with E-state index in [0.717, 1.165) is 22.8 Å². The molecule has 0 bridgehead atoms. The summed E-state index contributed by atoms with van der Waals surface area (Å²) in [5.41, 5.74) is 4.04. The van der Waals surface area contributed by atoms with Crippen molar-refractivity contribution >= 4 is 34.4 Å². The molecule has 0 saturated heterocycles. The van der Waals surface area contributed by atoms with Crippen molar-refractivity contribution in [1.82, 2.24) is 0 Å². The molecule has 1 unspecified atom stereocenters. The molecule has 130 valence electrons. The summed E-state index contributed by atoms with van der Waals surface area (Å²) in [6.07, 6.45) is 2.99. The van der Waals surface area contributed by atoms with Crippen molar-refractivity contribution in [3.05, 3.63) is 79.6 Å². The minimum Gasteiger partial charge on any atom is -0.485 e. The quantitative estimate of drug-likeness (QED) is 0.502. The molecule has 2 nitrogen and oxygen atoms in total. The fourth-order valence-corrected chi connectivity index (χ4v) is 3.88. The first-order valence-corrected chi connectivity index (χ1v) is 10.1. The number of thioether (sulfide) groups is 1. The Morgan fingerprint density at radius 3 is 2.80 bits per heavy atom. The average Bonchev–Trinajstić information content (AvgIpc) is 2.62. The van der Waals surface area contributed by atoms with E-state index >= 15 is 0 Å². The van der Waals surface area contributed by atoms with E-state index in [9.17, 15) is 0 Å². The molecule has 0 N–H and O–H groups in total. The summed E-state index contributed by atoms with van der Waals surface area (Å²) in [6, 6.07) is 12.3. The van der Waals surface area contributed by atoms with Gasteiger partial charge >= 0.3 is 0 Å². The Morgan fingerprint density at radius 2 is 2.00 bits per heavy atom. The number of aryl methyl sites for hydroxylation is 2. The first-order chi connectivity index (χ1) is 12.0. The Labute approximate surface area is 167 Å². The van der Waals surface area contributed by atoms with Crippen molar-refractivity contribution in [2.45, 2.75) is 26.4 Å². The van der Waals surface area contributed by atoms with Gasteiger partial charge in [0.2, 0.25) is 0 Å². The monoisotopic (exact) mass is 464 g/mol. The second kappa shape index (κ2) is 8.32. The predicted molar refractivity (Wildman–Crippen MR) is 115 cm³/mol. The first-order valence-electron chi connectivity index (χ1n) is 8.19. The highest BCUT2D eigenvalue weighted by Crippen LogP contribution is 2.34. The number of benzene rings is 2. The molecular formula is C21H21IO2S. The summed E-state index contributed by atoms with van der Waals surface area (Å²) < 4.78 is 13.0. The van der Waals surface area contributed by atoms with Crippen molar-refractivity contribution in [3.8, 4) is 11.5 Å². The van der Waals surface area contributed by atoms with Crippen molar-refractivity contribution in [2.24, 2.45) is 0 Å². The molecule has 0 fully saturated rings. The fourth-order valence-electron chi connectivity index (χ4n) is 2.63. The van der Waals surface area contributed by atoms with Crippen LogP contribution >= 0.6 is 34.4 Å². The van der Waals surface area contributed by atoms with Crippen molar-refractivity contribution in [3.63, 3.8) is 0 Å². The molecule has 1 aliphatic heterocycles. The lowest BCUT2D eigenvalue weighted by atomic mass is 10.0. The molecule has 3 rings (SSSR count). The van der Waals surface area contributed by atoms with Gasteiger partial charge in [0.05, 0.1) is 0 Å². The SMILES string of the molecule is C=C(S/C=C/Cc1cc(C)c(I)cc1C)C1COc2ccccc2O1. The summed E-state index contributed by atoms with van der Waals surface area (Å²) in [5.74, 6) is 1.59. The fraction of sp³-hybridized carbons (Fsp3) is 0.238. The summed E-state index contributed by atoms with van der Waals surface area (Å²) >= 11 is 3.99. The van der Waals surface area contributed by atoms with E-state index in [4.69, 9.17) is 9.47 Å². The molecule has 0 radical (unpaired) electrons. The maximum Gasteiger partial charge on any atom is 0.163 e. The molecule has 0 aromatic heterocycles. The molecule has 4 heteroatoms.